The zero-order valence-corrected chi connectivity index (χ0v) is 15.2. The van der Waals surface area contributed by atoms with Crippen molar-refractivity contribution in [2.24, 2.45) is 0 Å². The lowest BCUT2D eigenvalue weighted by atomic mass is 9.99. The number of aromatic nitrogens is 2. The van der Waals surface area contributed by atoms with Crippen LogP contribution in [-0.2, 0) is 4.74 Å². The van der Waals surface area contributed by atoms with Gasteiger partial charge in [-0.25, -0.2) is 0 Å². The van der Waals surface area contributed by atoms with Gasteiger partial charge in [0.05, 0.1) is 24.4 Å². The van der Waals surface area contributed by atoms with Crippen LogP contribution in [0.2, 0.25) is 0 Å². The van der Waals surface area contributed by atoms with Crippen molar-refractivity contribution in [3.63, 3.8) is 0 Å². The summed E-state index contributed by atoms with van der Waals surface area (Å²) in [6, 6.07) is 8.76. The maximum absolute atomic E-state index is 5.59. The van der Waals surface area contributed by atoms with Crippen LogP contribution in [-0.4, -0.2) is 39.8 Å². The molecule has 0 aromatic carbocycles. The molecule has 1 aliphatic heterocycles. The van der Waals surface area contributed by atoms with Gasteiger partial charge in [-0.3, -0.25) is 4.98 Å². The lowest BCUT2D eigenvalue weighted by Crippen LogP contribution is -2.32. The number of nitrogens with one attached hydrogen (secondary N) is 1. The van der Waals surface area contributed by atoms with Crippen LogP contribution in [0.25, 0.3) is 0 Å². The molecule has 128 valence electrons. The lowest BCUT2D eigenvalue weighted by Gasteiger charge is -2.27. The van der Waals surface area contributed by atoms with Gasteiger partial charge in [-0.15, -0.1) is 0 Å². The van der Waals surface area contributed by atoms with E-state index in [4.69, 9.17) is 17.0 Å². The first kappa shape index (κ1) is 16.9. The van der Waals surface area contributed by atoms with Crippen LogP contribution in [0.5, 0.6) is 0 Å². The Morgan fingerprint density at radius 2 is 2.17 bits per heavy atom. The molecule has 0 spiro atoms. The van der Waals surface area contributed by atoms with E-state index in [1.165, 1.54) is 5.56 Å². The van der Waals surface area contributed by atoms with E-state index in [0.29, 0.717) is 12.6 Å². The topological polar surface area (TPSA) is 42.3 Å². The molecule has 6 heteroatoms. The van der Waals surface area contributed by atoms with Gasteiger partial charge in [-0.05, 0) is 49.8 Å². The second kappa shape index (κ2) is 7.32. The zero-order chi connectivity index (χ0) is 17.1. The van der Waals surface area contributed by atoms with Gasteiger partial charge in [-0.1, -0.05) is 6.07 Å². The normalized spacial score (nSPS) is 20.7. The van der Waals surface area contributed by atoms with Gasteiger partial charge in [0, 0.05) is 38.3 Å². The highest BCUT2D eigenvalue weighted by Gasteiger charge is 2.39. The fourth-order valence-electron chi connectivity index (χ4n) is 3.13. The van der Waals surface area contributed by atoms with Gasteiger partial charge in [0.1, 0.15) is 0 Å². The van der Waals surface area contributed by atoms with Crippen molar-refractivity contribution in [3.05, 3.63) is 54.1 Å². The summed E-state index contributed by atoms with van der Waals surface area (Å²) in [6.45, 7) is 5.75. The average molecular weight is 344 g/mol. The first-order chi connectivity index (χ1) is 11.6. The summed E-state index contributed by atoms with van der Waals surface area (Å²) < 4.78 is 7.49. The number of hydrogen-bond acceptors (Lipinski definition) is 3. The summed E-state index contributed by atoms with van der Waals surface area (Å²) in [5.74, 6) is 0. The van der Waals surface area contributed by atoms with Crippen molar-refractivity contribution in [1.29, 1.82) is 0 Å². The molecule has 5 nitrogen and oxygen atoms in total. The largest absolute Gasteiger partial charge is 0.383 e. The molecule has 1 fully saturated rings. The molecule has 24 heavy (non-hydrogen) atoms. The quantitative estimate of drug-likeness (QED) is 0.816. The molecule has 2 atom stereocenters. The summed E-state index contributed by atoms with van der Waals surface area (Å²) in [6.07, 6.45) is 6.17. The van der Waals surface area contributed by atoms with Crippen LogP contribution < -0.4 is 5.32 Å². The predicted molar refractivity (Wildman–Crippen MR) is 98.9 cm³/mol. The maximum Gasteiger partial charge on any atom is 0.170 e. The van der Waals surface area contributed by atoms with Crippen molar-refractivity contribution in [1.82, 2.24) is 19.8 Å². The summed E-state index contributed by atoms with van der Waals surface area (Å²) >= 11 is 5.59. The van der Waals surface area contributed by atoms with Crippen molar-refractivity contribution in [2.75, 3.05) is 20.3 Å². The van der Waals surface area contributed by atoms with E-state index in [2.05, 4.69) is 52.1 Å². The monoisotopic (exact) mass is 344 g/mol. The van der Waals surface area contributed by atoms with Crippen LogP contribution in [0, 0.1) is 0 Å². The minimum Gasteiger partial charge on any atom is -0.383 e. The Bertz CT molecular complexity index is 685. The number of thiocarbonyl (C=S) groups is 1. The summed E-state index contributed by atoms with van der Waals surface area (Å²) in [5, 5.41) is 4.20. The van der Waals surface area contributed by atoms with E-state index in [9.17, 15) is 0 Å². The molecule has 1 N–H and O–H groups in total. The Balaban J connectivity index is 1.96. The highest BCUT2D eigenvalue weighted by molar-refractivity contribution is 7.80. The lowest BCUT2D eigenvalue weighted by molar-refractivity contribution is 0.164. The number of methoxy groups -OCH3 is 1. The molecule has 1 aliphatic rings. The summed E-state index contributed by atoms with van der Waals surface area (Å²) in [5.41, 5.74) is 2.24. The van der Waals surface area contributed by atoms with Crippen molar-refractivity contribution < 1.29 is 4.74 Å². The van der Waals surface area contributed by atoms with E-state index in [1.807, 2.05) is 24.4 Å². The molecular formula is C18H24N4OS. The first-order valence-electron chi connectivity index (χ1n) is 8.26. The molecule has 0 unspecified atom stereocenters. The maximum atomic E-state index is 5.59. The molecule has 2 aromatic heterocycles. The second-order valence-corrected chi connectivity index (χ2v) is 6.69. The Morgan fingerprint density at radius 3 is 2.79 bits per heavy atom. The first-order valence-corrected chi connectivity index (χ1v) is 8.67. The summed E-state index contributed by atoms with van der Waals surface area (Å²) in [7, 11) is 1.72. The van der Waals surface area contributed by atoms with Crippen LogP contribution in [0.15, 0.2) is 42.9 Å². The molecule has 1 saturated heterocycles. The third-order valence-corrected chi connectivity index (χ3v) is 4.76. The molecule has 0 radical (unpaired) electrons. The fourth-order valence-corrected chi connectivity index (χ4v) is 3.46. The standard InChI is InChI=1S/C18H24N4OS/c1-13(2)21-9-7-14(12-21)17-16(15-6-4-5-8-19-15)20-18(24)22(17)10-11-23-3/h4-9,12-13,16-17H,10-11H2,1-3H3,(H,20,24)/t16-,17-/m1/s1. The summed E-state index contributed by atoms with van der Waals surface area (Å²) in [4.78, 5) is 6.75. The van der Waals surface area contributed by atoms with E-state index in [-0.39, 0.29) is 12.1 Å². The Hall–Kier alpha value is -1.92. The zero-order valence-electron chi connectivity index (χ0n) is 14.3. The SMILES string of the molecule is COCCN1C(=S)N[C@H](c2ccccn2)[C@H]1c1ccn(C(C)C)c1. The Morgan fingerprint density at radius 1 is 1.33 bits per heavy atom. The molecule has 3 rings (SSSR count). The van der Waals surface area contributed by atoms with Gasteiger partial charge in [-0.2, -0.15) is 0 Å². The van der Waals surface area contributed by atoms with Gasteiger partial charge < -0.3 is 19.5 Å². The van der Waals surface area contributed by atoms with Gasteiger partial charge in [0.25, 0.3) is 0 Å². The van der Waals surface area contributed by atoms with Crippen LogP contribution >= 0.6 is 12.2 Å². The molecule has 0 aliphatic carbocycles. The van der Waals surface area contributed by atoms with E-state index in [0.717, 1.165) is 17.4 Å². The fraction of sp³-hybridized carbons (Fsp3) is 0.444. The number of ether oxygens (including phenoxy) is 1. The molecular weight excluding hydrogens is 320 g/mol. The van der Waals surface area contributed by atoms with Crippen molar-refractivity contribution in [2.45, 2.75) is 32.0 Å². The number of hydrogen-bond donors (Lipinski definition) is 1. The highest BCUT2D eigenvalue weighted by Crippen LogP contribution is 2.38. The van der Waals surface area contributed by atoms with E-state index >= 15 is 0 Å². The van der Waals surface area contributed by atoms with Crippen LogP contribution in [0.3, 0.4) is 0 Å². The Labute approximate surface area is 148 Å². The second-order valence-electron chi connectivity index (χ2n) is 6.30. The number of pyridine rings is 1. The highest BCUT2D eigenvalue weighted by atomic mass is 32.1. The molecule has 2 aromatic rings. The van der Waals surface area contributed by atoms with Gasteiger partial charge in [0.2, 0.25) is 0 Å². The minimum atomic E-state index is 0.0403. The van der Waals surface area contributed by atoms with Crippen molar-refractivity contribution >= 4 is 17.3 Å². The molecule has 3 heterocycles. The molecule has 0 bridgehead atoms. The molecule has 0 saturated carbocycles. The number of nitrogens with zero attached hydrogens (tertiary/aromatic N) is 3. The minimum absolute atomic E-state index is 0.0403. The van der Waals surface area contributed by atoms with Crippen molar-refractivity contribution in [3.8, 4) is 0 Å². The third-order valence-electron chi connectivity index (χ3n) is 4.41. The average Bonchev–Trinajstić information content (AvgIpc) is 3.18. The smallest absolute Gasteiger partial charge is 0.170 e. The molecule has 0 amide bonds. The predicted octanol–water partition coefficient (Wildman–Crippen LogP) is 3.08. The van der Waals surface area contributed by atoms with Gasteiger partial charge in [0.15, 0.2) is 5.11 Å². The van der Waals surface area contributed by atoms with Gasteiger partial charge >= 0.3 is 0 Å². The third kappa shape index (κ3) is 3.30. The van der Waals surface area contributed by atoms with Crippen LogP contribution in [0.4, 0.5) is 0 Å². The van der Waals surface area contributed by atoms with E-state index in [1.54, 1.807) is 7.11 Å². The Kier molecular flexibility index (Phi) is 5.16. The van der Waals surface area contributed by atoms with E-state index < -0.39 is 0 Å². The number of rotatable bonds is 6. The van der Waals surface area contributed by atoms with Crippen LogP contribution in [0.1, 0.15) is 43.2 Å².